The molecule has 19 heavy (non-hydrogen) atoms. The third-order valence-corrected chi connectivity index (χ3v) is 3.98. The van der Waals surface area contributed by atoms with E-state index < -0.39 is 0 Å². The maximum Gasteiger partial charge on any atom is 0.134 e. The lowest BCUT2D eigenvalue weighted by Crippen LogP contribution is -2.23. The molecule has 3 rings (SSSR count). The van der Waals surface area contributed by atoms with Gasteiger partial charge in [0.1, 0.15) is 5.82 Å². The summed E-state index contributed by atoms with van der Waals surface area (Å²) in [6, 6.07) is 8.68. The monoisotopic (exact) mass is 255 g/mol. The molecule has 1 aromatic heterocycles. The van der Waals surface area contributed by atoms with Crippen LogP contribution in [0.2, 0.25) is 0 Å². The molecule has 3 N–H and O–H groups in total. The van der Waals surface area contributed by atoms with Crippen LogP contribution in [0, 0.1) is 6.92 Å². The predicted molar refractivity (Wildman–Crippen MR) is 81.4 cm³/mol. The van der Waals surface area contributed by atoms with E-state index in [1.54, 1.807) is 0 Å². The third-order valence-electron chi connectivity index (χ3n) is 3.98. The van der Waals surface area contributed by atoms with E-state index in [1.807, 2.05) is 19.1 Å². The highest BCUT2D eigenvalue weighted by atomic mass is 15.0. The molecular formula is C16H21N3. The average Bonchev–Trinajstić information content (AvgIpc) is 2.41. The second kappa shape index (κ2) is 5.08. The summed E-state index contributed by atoms with van der Waals surface area (Å²) in [6.45, 7) is 2.03. The summed E-state index contributed by atoms with van der Waals surface area (Å²) in [5.74, 6) is 0.995. The third kappa shape index (κ3) is 2.50. The summed E-state index contributed by atoms with van der Waals surface area (Å²) in [5.41, 5.74) is 7.92. The molecule has 1 aromatic carbocycles. The van der Waals surface area contributed by atoms with Crippen molar-refractivity contribution in [3.8, 4) is 0 Å². The van der Waals surface area contributed by atoms with Crippen molar-refractivity contribution in [2.75, 3.05) is 11.1 Å². The number of hydrogen-bond donors (Lipinski definition) is 2. The highest BCUT2D eigenvalue weighted by molar-refractivity contribution is 5.99. The van der Waals surface area contributed by atoms with E-state index in [1.165, 1.54) is 32.1 Å². The van der Waals surface area contributed by atoms with Crippen LogP contribution in [-0.2, 0) is 0 Å². The zero-order valence-electron chi connectivity index (χ0n) is 11.4. The van der Waals surface area contributed by atoms with Gasteiger partial charge in [-0.05, 0) is 31.9 Å². The van der Waals surface area contributed by atoms with E-state index in [9.17, 15) is 0 Å². The number of pyridine rings is 1. The fourth-order valence-corrected chi connectivity index (χ4v) is 2.98. The largest absolute Gasteiger partial charge is 0.398 e. The normalized spacial score (nSPS) is 16.7. The van der Waals surface area contributed by atoms with Crippen molar-refractivity contribution in [1.82, 2.24) is 4.98 Å². The number of nitrogens with one attached hydrogen (secondary N) is 1. The van der Waals surface area contributed by atoms with Gasteiger partial charge in [-0.15, -0.1) is 0 Å². The number of anilines is 2. The number of fused-ring (bicyclic) bond motifs is 1. The van der Waals surface area contributed by atoms with Crippen molar-refractivity contribution in [3.05, 3.63) is 30.0 Å². The van der Waals surface area contributed by atoms with Gasteiger partial charge < -0.3 is 11.1 Å². The SMILES string of the molecule is Cc1cc2c(N)cccc2c(NC2CCCCC2)n1. The zero-order chi connectivity index (χ0) is 13.2. The lowest BCUT2D eigenvalue weighted by atomic mass is 9.95. The van der Waals surface area contributed by atoms with Crippen LogP contribution in [0.15, 0.2) is 24.3 Å². The molecule has 2 aromatic rings. The molecule has 3 nitrogen and oxygen atoms in total. The Morgan fingerprint density at radius 1 is 1.16 bits per heavy atom. The highest BCUT2D eigenvalue weighted by Gasteiger charge is 2.15. The summed E-state index contributed by atoms with van der Waals surface area (Å²) in [6.07, 6.45) is 6.51. The standard InChI is InChI=1S/C16H21N3/c1-11-10-14-13(8-5-9-15(14)17)16(18-11)19-12-6-3-2-4-7-12/h5,8-10,12H,2-4,6-7,17H2,1H3,(H,18,19). The molecule has 0 saturated heterocycles. The van der Waals surface area contributed by atoms with Crippen LogP contribution < -0.4 is 11.1 Å². The van der Waals surface area contributed by atoms with E-state index >= 15 is 0 Å². The van der Waals surface area contributed by atoms with Crippen molar-refractivity contribution < 1.29 is 0 Å². The number of nitrogen functional groups attached to an aromatic ring is 1. The molecule has 3 heteroatoms. The van der Waals surface area contributed by atoms with Gasteiger partial charge in [-0.1, -0.05) is 31.4 Å². The molecule has 1 fully saturated rings. The minimum absolute atomic E-state index is 0.563. The van der Waals surface area contributed by atoms with Gasteiger partial charge in [0.2, 0.25) is 0 Å². The van der Waals surface area contributed by atoms with Crippen molar-refractivity contribution in [2.45, 2.75) is 45.1 Å². The molecule has 0 radical (unpaired) electrons. The first-order chi connectivity index (χ1) is 9.24. The molecule has 100 valence electrons. The number of rotatable bonds is 2. The molecule has 0 bridgehead atoms. The first-order valence-corrected chi connectivity index (χ1v) is 7.16. The van der Waals surface area contributed by atoms with E-state index in [4.69, 9.17) is 5.73 Å². The van der Waals surface area contributed by atoms with Crippen LogP contribution in [0.3, 0.4) is 0 Å². The quantitative estimate of drug-likeness (QED) is 0.801. The molecule has 1 aliphatic carbocycles. The number of nitrogens with zero attached hydrogens (tertiary/aromatic N) is 1. The van der Waals surface area contributed by atoms with Gasteiger partial charge in [-0.2, -0.15) is 0 Å². The minimum Gasteiger partial charge on any atom is -0.398 e. The van der Waals surface area contributed by atoms with Crippen molar-refractivity contribution in [1.29, 1.82) is 0 Å². The van der Waals surface area contributed by atoms with Gasteiger partial charge in [-0.3, -0.25) is 0 Å². The van der Waals surface area contributed by atoms with Crippen LogP contribution in [0.1, 0.15) is 37.8 Å². The number of benzene rings is 1. The summed E-state index contributed by atoms with van der Waals surface area (Å²) in [4.78, 5) is 4.67. The van der Waals surface area contributed by atoms with E-state index in [0.717, 1.165) is 28.0 Å². The molecule has 0 atom stereocenters. The van der Waals surface area contributed by atoms with Crippen molar-refractivity contribution in [3.63, 3.8) is 0 Å². The van der Waals surface area contributed by atoms with Gasteiger partial charge in [0.25, 0.3) is 0 Å². The van der Waals surface area contributed by atoms with Crippen molar-refractivity contribution in [2.24, 2.45) is 0 Å². The van der Waals surface area contributed by atoms with Crippen molar-refractivity contribution >= 4 is 22.3 Å². The molecule has 1 saturated carbocycles. The lowest BCUT2D eigenvalue weighted by molar-refractivity contribution is 0.462. The lowest BCUT2D eigenvalue weighted by Gasteiger charge is -2.24. The van der Waals surface area contributed by atoms with Crippen LogP contribution in [0.25, 0.3) is 10.8 Å². The second-order valence-electron chi connectivity index (χ2n) is 5.53. The summed E-state index contributed by atoms with van der Waals surface area (Å²) < 4.78 is 0. The molecule has 0 amide bonds. The maximum atomic E-state index is 6.07. The first kappa shape index (κ1) is 12.3. The Hall–Kier alpha value is -1.77. The molecule has 1 aliphatic rings. The van der Waals surface area contributed by atoms with Gasteiger partial charge in [0, 0.05) is 28.2 Å². The average molecular weight is 255 g/mol. The highest BCUT2D eigenvalue weighted by Crippen LogP contribution is 2.29. The number of aryl methyl sites for hydroxylation is 1. The Balaban J connectivity index is 1.99. The smallest absolute Gasteiger partial charge is 0.134 e. The Morgan fingerprint density at radius 3 is 2.74 bits per heavy atom. The van der Waals surface area contributed by atoms with E-state index in [-0.39, 0.29) is 0 Å². The topological polar surface area (TPSA) is 50.9 Å². The van der Waals surface area contributed by atoms with E-state index in [0.29, 0.717) is 6.04 Å². The van der Waals surface area contributed by atoms with Crippen LogP contribution >= 0.6 is 0 Å². The fourth-order valence-electron chi connectivity index (χ4n) is 2.98. The molecule has 0 spiro atoms. The van der Waals surface area contributed by atoms with Gasteiger partial charge in [-0.25, -0.2) is 4.98 Å². The van der Waals surface area contributed by atoms with Gasteiger partial charge in [0.05, 0.1) is 0 Å². The maximum absolute atomic E-state index is 6.07. The fraction of sp³-hybridized carbons (Fsp3) is 0.438. The van der Waals surface area contributed by atoms with Crippen LogP contribution in [0.5, 0.6) is 0 Å². The van der Waals surface area contributed by atoms with Gasteiger partial charge in [0.15, 0.2) is 0 Å². The van der Waals surface area contributed by atoms with E-state index in [2.05, 4.69) is 22.4 Å². The summed E-state index contributed by atoms with van der Waals surface area (Å²) in [5, 5.41) is 5.87. The Labute approximate surface area is 114 Å². The molecule has 0 aliphatic heterocycles. The number of hydrogen-bond acceptors (Lipinski definition) is 3. The molecule has 1 heterocycles. The molecular weight excluding hydrogens is 234 g/mol. The van der Waals surface area contributed by atoms with Crippen LogP contribution in [0.4, 0.5) is 11.5 Å². The molecule has 0 unspecified atom stereocenters. The van der Waals surface area contributed by atoms with Gasteiger partial charge >= 0.3 is 0 Å². The van der Waals surface area contributed by atoms with Crippen LogP contribution in [-0.4, -0.2) is 11.0 Å². The Kier molecular flexibility index (Phi) is 3.28. The number of nitrogens with two attached hydrogens (primary N) is 1. The number of aromatic nitrogens is 1. The Morgan fingerprint density at radius 2 is 1.95 bits per heavy atom. The summed E-state index contributed by atoms with van der Waals surface area (Å²) >= 11 is 0. The zero-order valence-corrected chi connectivity index (χ0v) is 11.4. The summed E-state index contributed by atoms with van der Waals surface area (Å²) in [7, 11) is 0. The first-order valence-electron chi connectivity index (χ1n) is 7.16. The minimum atomic E-state index is 0.563. The Bertz CT molecular complexity index is 586. The second-order valence-corrected chi connectivity index (χ2v) is 5.53. The predicted octanol–water partition coefficient (Wildman–Crippen LogP) is 3.87.